The minimum Gasteiger partial charge on any atom is -0.497 e. The van der Waals surface area contributed by atoms with Crippen LogP contribution >= 0.6 is 0 Å². The van der Waals surface area contributed by atoms with Gasteiger partial charge in [0.1, 0.15) is 5.75 Å². The van der Waals surface area contributed by atoms with Gasteiger partial charge in [-0.05, 0) is 71.9 Å². The molecule has 0 spiro atoms. The molecular formula is C21H28O2Si. The van der Waals surface area contributed by atoms with Gasteiger partial charge in [-0.2, -0.15) is 0 Å². The summed E-state index contributed by atoms with van der Waals surface area (Å²) in [6.07, 6.45) is 5.51. The lowest BCUT2D eigenvalue weighted by Gasteiger charge is -2.42. The molecule has 2 nitrogen and oxygen atoms in total. The second-order valence-corrected chi connectivity index (χ2v) is 13.8. The Morgan fingerprint density at radius 2 is 1.88 bits per heavy atom. The van der Waals surface area contributed by atoms with Gasteiger partial charge in [0.15, 0.2) is 5.78 Å². The van der Waals surface area contributed by atoms with Crippen molar-refractivity contribution in [3.8, 4) is 5.75 Å². The van der Waals surface area contributed by atoms with Crippen molar-refractivity contribution in [2.45, 2.75) is 57.7 Å². The van der Waals surface area contributed by atoms with Crippen LogP contribution in [0.5, 0.6) is 5.75 Å². The van der Waals surface area contributed by atoms with Crippen LogP contribution in [0.2, 0.25) is 19.6 Å². The summed E-state index contributed by atoms with van der Waals surface area (Å²) in [6.45, 7) is 7.01. The number of ether oxygens (including phenoxy) is 1. The Morgan fingerprint density at radius 3 is 2.58 bits per heavy atom. The van der Waals surface area contributed by atoms with E-state index in [0.29, 0.717) is 23.5 Å². The highest BCUT2D eigenvalue weighted by molar-refractivity contribution is 6.87. The van der Waals surface area contributed by atoms with E-state index >= 15 is 0 Å². The number of ketones is 1. The van der Waals surface area contributed by atoms with Crippen molar-refractivity contribution < 1.29 is 9.53 Å². The molecule has 1 saturated carbocycles. The SMILES string of the molecule is COc1ccc2c(c1)CC[C@H]1[C@@H]3CC(=O)C([Si](C)(C)C)=C3CC[C@H]21. The Hall–Kier alpha value is -1.35. The Kier molecular flexibility index (Phi) is 3.75. The molecule has 128 valence electrons. The highest BCUT2D eigenvalue weighted by Gasteiger charge is 2.47. The third-order valence-electron chi connectivity index (χ3n) is 6.46. The first kappa shape index (κ1) is 16.1. The van der Waals surface area contributed by atoms with E-state index < -0.39 is 8.07 Å². The van der Waals surface area contributed by atoms with Crippen LogP contribution in [0.25, 0.3) is 0 Å². The predicted molar refractivity (Wildman–Crippen MR) is 100 cm³/mol. The smallest absolute Gasteiger partial charge is 0.155 e. The molecule has 3 aliphatic carbocycles. The standard InChI is InChI=1S/C21H28O2Si/c1-23-14-6-8-15-13(11-14)5-7-17-16(15)9-10-18-19(17)12-20(22)21(18)24(2,3)4/h6,8,11,16-17,19H,5,7,9-10,12H2,1-4H3/t16-,17-,19+/m1/s1. The van der Waals surface area contributed by atoms with Crippen molar-refractivity contribution in [1.82, 2.24) is 0 Å². The number of methoxy groups -OCH3 is 1. The van der Waals surface area contributed by atoms with Crippen LogP contribution in [0.1, 0.15) is 42.7 Å². The molecule has 3 aliphatic rings. The molecule has 0 unspecified atom stereocenters. The third-order valence-corrected chi connectivity index (χ3v) is 8.56. The van der Waals surface area contributed by atoms with Gasteiger partial charge in [-0.1, -0.05) is 31.3 Å². The lowest BCUT2D eigenvalue weighted by atomic mass is 9.62. The number of carbonyl (C=O) groups is 1. The average molecular weight is 341 g/mol. The van der Waals surface area contributed by atoms with Gasteiger partial charge in [-0.3, -0.25) is 4.79 Å². The van der Waals surface area contributed by atoms with Gasteiger partial charge in [-0.25, -0.2) is 0 Å². The van der Waals surface area contributed by atoms with E-state index in [1.54, 1.807) is 12.7 Å². The second kappa shape index (κ2) is 5.59. The van der Waals surface area contributed by atoms with E-state index in [1.807, 2.05) is 0 Å². The van der Waals surface area contributed by atoms with Crippen molar-refractivity contribution in [1.29, 1.82) is 0 Å². The molecule has 24 heavy (non-hydrogen) atoms. The summed E-state index contributed by atoms with van der Waals surface area (Å²) in [4.78, 5) is 12.8. The van der Waals surface area contributed by atoms with Gasteiger partial charge >= 0.3 is 0 Å². The Labute approximate surface area is 146 Å². The van der Waals surface area contributed by atoms with Crippen molar-refractivity contribution in [2.75, 3.05) is 7.11 Å². The zero-order valence-corrected chi connectivity index (χ0v) is 16.3. The maximum Gasteiger partial charge on any atom is 0.155 e. The highest BCUT2D eigenvalue weighted by atomic mass is 28.3. The lowest BCUT2D eigenvalue weighted by molar-refractivity contribution is -0.115. The molecule has 4 rings (SSSR count). The van der Waals surface area contributed by atoms with Crippen molar-refractivity contribution >= 4 is 13.9 Å². The molecule has 0 heterocycles. The van der Waals surface area contributed by atoms with Gasteiger partial charge in [0, 0.05) is 6.42 Å². The quantitative estimate of drug-likeness (QED) is 0.716. The van der Waals surface area contributed by atoms with E-state index in [4.69, 9.17) is 4.74 Å². The zero-order valence-electron chi connectivity index (χ0n) is 15.3. The fraction of sp³-hybridized carbons (Fsp3) is 0.571. The van der Waals surface area contributed by atoms with Gasteiger partial charge in [0.2, 0.25) is 0 Å². The fourth-order valence-electron chi connectivity index (χ4n) is 5.61. The van der Waals surface area contributed by atoms with E-state index in [0.717, 1.165) is 25.0 Å². The lowest BCUT2D eigenvalue weighted by Crippen LogP contribution is -2.32. The Balaban J connectivity index is 1.70. The molecule has 0 radical (unpaired) electrons. The minimum atomic E-state index is -1.52. The second-order valence-electron chi connectivity index (χ2n) is 8.80. The summed E-state index contributed by atoms with van der Waals surface area (Å²) in [5.41, 5.74) is 4.56. The normalized spacial score (nSPS) is 29.2. The predicted octanol–water partition coefficient (Wildman–Crippen LogP) is 4.90. The summed E-state index contributed by atoms with van der Waals surface area (Å²) in [5.74, 6) is 3.30. The maximum atomic E-state index is 12.8. The van der Waals surface area contributed by atoms with Gasteiger partial charge in [0.05, 0.1) is 15.2 Å². The number of hydrogen-bond acceptors (Lipinski definition) is 2. The number of rotatable bonds is 2. The average Bonchev–Trinajstić information content (AvgIpc) is 2.90. The first-order valence-corrected chi connectivity index (χ1v) is 12.8. The number of hydrogen-bond donors (Lipinski definition) is 0. The van der Waals surface area contributed by atoms with Gasteiger partial charge in [0.25, 0.3) is 0 Å². The molecule has 0 bridgehead atoms. The van der Waals surface area contributed by atoms with Gasteiger partial charge < -0.3 is 4.74 Å². The first-order chi connectivity index (χ1) is 11.4. The molecule has 0 aromatic heterocycles. The van der Waals surface area contributed by atoms with Crippen molar-refractivity contribution in [3.05, 3.63) is 40.1 Å². The van der Waals surface area contributed by atoms with Crippen molar-refractivity contribution in [3.63, 3.8) is 0 Å². The molecule has 0 N–H and O–H groups in total. The molecule has 1 aromatic rings. The molecule has 1 aromatic carbocycles. The molecule has 0 saturated heterocycles. The first-order valence-electron chi connectivity index (χ1n) is 9.33. The third kappa shape index (κ3) is 2.40. The molecule has 3 heteroatoms. The number of carbonyl (C=O) groups excluding carboxylic acids is 1. The van der Waals surface area contributed by atoms with Crippen LogP contribution in [-0.4, -0.2) is 21.0 Å². The Morgan fingerprint density at radius 1 is 1.08 bits per heavy atom. The van der Waals surface area contributed by atoms with Crippen LogP contribution < -0.4 is 4.74 Å². The van der Waals surface area contributed by atoms with Crippen LogP contribution in [0.3, 0.4) is 0 Å². The minimum absolute atomic E-state index is 0.482. The number of Topliss-reactive ketones (excluding diaryl/α,β-unsaturated/α-hetero) is 1. The topological polar surface area (TPSA) is 26.3 Å². The monoisotopic (exact) mass is 340 g/mol. The van der Waals surface area contributed by atoms with E-state index in [2.05, 4.69) is 37.8 Å². The number of benzene rings is 1. The van der Waals surface area contributed by atoms with Crippen LogP contribution in [0, 0.1) is 11.8 Å². The number of aryl methyl sites for hydroxylation is 1. The highest BCUT2D eigenvalue weighted by Crippen LogP contribution is 2.55. The molecule has 0 amide bonds. The summed E-state index contributed by atoms with van der Waals surface area (Å²) in [6, 6.07) is 6.62. The summed E-state index contributed by atoms with van der Waals surface area (Å²) < 4.78 is 5.40. The van der Waals surface area contributed by atoms with Gasteiger partial charge in [-0.15, -0.1) is 0 Å². The zero-order chi connectivity index (χ0) is 17.1. The van der Waals surface area contributed by atoms with E-state index in [1.165, 1.54) is 29.2 Å². The molecular weight excluding hydrogens is 312 g/mol. The van der Waals surface area contributed by atoms with E-state index in [9.17, 15) is 4.79 Å². The number of fused-ring (bicyclic) bond motifs is 5. The largest absolute Gasteiger partial charge is 0.497 e. The number of allylic oxidation sites excluding steroid dienone is 2. The maximum absolute atomic E-state index is 12.8. The van der Waals surface area contributed by atoms with Crippen molar-refractivity contribution in [2.24, 2.45) is 11.8 Å². The molecule has 0 aliphatic heterocycles. The van der Waals surface area contributed by atoms with Crippen LogP contribution in [0.15, 0.2) is 29.0 Å². The van der Waals surface area contributed by atoms with Crippen LogP contribution in [-0.2, 0) is 11.2 Å². The fourth-order valence-corrected chi connectivity index (χ4v) is 7.83. The molecule has 3 atom stereocenters. The van der Waals surface area contributed by atoms with E-state index in [-0.39, 0.29) is 0 Å². The Bertz CT molecular complexity index is 726. The summed E-state index contributed by atoms with van der Waals surface area (Å²) in [5, 5.41) is 1.30. The summed E-state index contributed by atoms with van der Waals surface area (Å²) in [7, 11) is 0.221. The molecule has 1 fully saturated rings. The van der Waals surface area contributed by atoms with Crippen LogP contribution in [0.4, 0.5) is 0 Å². The summed E-state index contributed by atoms with van der Waals surface area (Å²) >= 11 is 0.